The van der Waals surface area contributed by atoms with Crippen LogP contribution >= 0.6 is 0 Å². The van der Waals surface area contributed by atoms with Crippen molar-refractivity contribution in [3.05, 3.63) is 42.0 Å². The second kappa shape index (κ2) is 8.14. The first-order valence-electron chi connectivity index (χ1n) is 9.00. The Hall–Kier alpha value is -2.37. The number of aryl methyl sites for hydroxylation is 1. The van der Waals surface area contributed by atoms with Crippen molar-refractivity contribution in [2.45, 2.75) is 45.1 Å². The monoisotopic (exact) mass is 342 g/mol. The number of likely N-dealkylation sites (tertiary alicyclic amines) is 1. The van der Waals surface area contributed by atoms with Gasteiger partial charge in [0.2, 0.25) is 5.91 Å². The van der Waals surface area contributed by atoms with E-state index in [0.29, 0.717) is 12.3 Å². The number of nitrogens with zero attached hydrogens (tertiary/aromatic N) is 4. The number of amides is 1. The smallest absolute Gasteiger partial charge is 0.227 e. The van der Waals surface area contributed by atoms with Gasteiger partial charge >= 0.3 is 0 Å². The van der Waals surface area contributed by atoms with Gasteiger partial charge in [-0.15, -0.1) is 10.2 Å². The molecule has 1 aliphatic heterocycles. The highest BCUT2D eigenvalue weighted by Crippen LogP contribution is 2.27. The van der Waals surface area contributed by atoms with Crippen molar-refractivity contribution in [1.29, 1.82) is 0 Å². The summed E-state index contributed by atoms with van der Waals surface area (Å²) in [5.41, 5.74) is 0.944. The fourth-order valence-corrected chi connectivity index (χ4v) is 3.50. The quantitative estimate of drug-likeness (QED) is 0.810. The minimum absolute atomic E-state index is 0.165. The molecular weight excluding hydrogens is 316 g/mol. The van der Waals surface area contributed by atoms with Gasteiger partial charge in [0.25, 0.3) is 0 Å². The number of benzene rings is 1. The highest BCUT2D eigenvalue weighted by atomic mass is 16.5. The Morgan fingerprint density at radius 2 is 2.04 bits per heavy atom. The Kier molecular flexibility index (Phi) is 5.68. The number of rotatable bonds is 6. The van der Waals surface area contributed by atoms with Crippen molar-refractivity contribution in [3.63, 3.8) is 0 Å². The van der Waals surface area contributed by atoms with E-state index in [1.54, 1.807) is 7.11 Å². The Balaban J connectivity index is 1.58. The molecule has 1 aromatic heterocycles. The van der Waals surface area contributed by atoms with E-state index in [9.17, 15) is 4.79 Å². The van der Waals surface area contributed by atoms with Crippen molar-refractivity contribution < 1.29 is 9.53 Å². The number of hydrogen-bond acceptors (Lipinski definition) is 4. The van der Waals surface area contributed by atoms with Crippen LogP contribution in [-0.2, 0) is 17.8 Å². The van der Waals surface area contributed by atoms with Crippen molar-refractivity contribution in [2.24, 2.45) is 0 Å². The number of aromatic nitrogens is 3. The molecule has 0 unspecified atom stereocenters. The van der Waals surface area contributed by atoms with Gasteiger partial charge in [-0.2, -0.15) is 0 Å². The molecule has 0 spiro atoms. The third kappa shape index (κ3) is 4.00. The van der Waals surface area contributed by atoms with E-state index in [1.807, 2.05) is 35.5 Å². The molecule has 3 rings (SSSR count). The zero-order valence-electron chi connectivity index (χ0n) is 15.0. The summed E-state index contributed by atoms with van der Waals surface area (Å²) in [6.45, 7) is 4.66. The van der Waals surface area contributed by atoms with Crippen LogP contribution in [0.1, 0.15) is 43.5 Å². The van der Waals surface area contributed by atoms with E-state index in [1.165, 1.54) is 0 Å². The summed E-state index contributed by atoms with van der Waals surface area (Å²) in [4.78, 5) is 14.6. The summed E-state index contributed by atoms with van der Waals surface area (Å²) in [5.74, 6) is 2.40. The Bertz CT molecular complexity index is 705. The van der Waals surface area contributed by atoms with E-state index in [2.05, 4.69) is 21.7 Å². The predicted molar refractivity (Wildman–Crippen MR) is 95.6 cm³/mol. The molecule has 0 saturated carbocycles. The van der Waals surface area contributed by atoms with Crippen LogP contribution in [-0.4, -0.2) is 45.8 Å². The van der Waals surface area contributed by atoms with Crippen LogP contribution in [0, 0.1) is 0 Å². The predicted octanol–water partition coefficient (Wildman–Crippen LogP) is 2.65. The topological polar surface area (TPSA) is 60.2 Å². The maximum atomic E-state index is 12.6. The molecule has 1 amide bonds. The molecule has 6 heteroatoms. The third-order valence-electron chi connectivity index (χ3n) is 4.86. The summed E-state index contributed by atoms with van der Waals surface area (Å²) in [7, 11) is 1.64. The molecule has 1 aliphatic rings. The largest absolute Gasteiger partial charge is 0.496 e. The minimum Gasteiger partial charge on any atom is -0.496 e. The number of methoxy groups -OCH3 is 1. The van der Waals surface area contributed by atoms with Gasteiger partial charge in [0.15, 0.2) is 0 Å². The maximum absolute atomic E-state index is 12.6. The van der Waals surface area contributed by atoms with Crippen molar-refractivity contribution in [2.75, 3.05) is 20.2 Å². The standard InChI is InChI=1S/C19H26N4O2/c1-3-10-23-14-20-21-19(23)15-8-11-22(12-9-15)18(24)13-16-6-4-5-7-17(16)25-2/h4-7,14-15H,3,8-13H2,1-2H3. The normalized spacial score (nSPS) is 15.4. The number of piperidine rings is 1. The first-order chi connectivity index (χ1) is 12.2. The summed E-state index contributed by atoms with van der Waals surface area (Å²) in [5, 5.41) is 8.38. The fourth-order valence-electron chi connectivity index (χ4n) is 3.50. The van der Waals surface area contributed by atoms with Crippen molar-refractivity contribution >= 4 is 5.91 Å². The van der Waals surface area contributed by atoms with Crippen LogP contribution < -0.4 is 4.74 Å². The molecule has 6 nitrogen and oxygen atoms in total. The maximum Gasteiger partial charge on any atom is 0.227 e. The Morgan fingerprint density at radius 3 is 2.76 bits per heavy atom. The van der Waals surface area contributed by atoms with Gasteiger partial charge < -0.3 is 14.2 Å². The van der Waals surface area contributed by atoms with Crippen molar-refractivity contribution in [3.8, 4) is 5.75 Å². The van der Waals surface area contributed by atoms with Gasteiger partial charge in [0.05, 0.1) is 13.5 Å². The lowest BCUT2D eigenvalue weighted by atomic mass is 9.95. The highest BCUT2D eigenvalue weighted by molar-refractivity contribution is 5.79. The summed E-state index contributed by atoms with van der Waals surface area (Å²) in [6.07, 6.45) is 5.17. The Labute approximate surface area is 148 Å². The molecule has 0 radical (unpaired) electrons. The van der Waals surface area contributed by atoms with Crippen LogP contribution in [0.2, 0.25) is 0 Å². The molecule has 0 atom stereocenters. The molecule has 25 heavy (non-hydrogen) atoms. The molecule has 1 fully saturated rings. The van der Waals surface area contributed by atoms with E-state index >= 15 is 0 Å². The molecule has 0 N–H and O–H groups in total. The van der Waals surface area contributed by atoms with Gasteiger partial charge in [-0.25, -0.2) is 0 Å². The van der Waals surface area contributed by atoms with Crippen LogP contribution in [0.5, 0.6) is 5.75 Å². The van der Waals surface area contributed by atoms with E-state index in [0.717, 1.165) is 56.0 Å². The van der Waals surface area contributed by atoms with E-state index in [-0.39, 0.29) is 5.91 Å². The fraction of sp³-hybridized carbons (Fsp3) is 0.526. The molecule has 2 aromatic rings. The highest BCUT2D eigenvalue weighted by Gasteiger charge is 2.27. The lowest BCUT2D eigenvalue weighted by molar-refractivity contribution is -0.131. The average Bonchev–Trinajstić information content (AvgIpc) is 3.11. The summed E-state index contributed by atoms with van der Waals surface area (Å²) in [6, 6.07) is 7.72. The van der Waals surface area contributed by atoms with Gasteiger partial charge in [0, 0.05) is 31.1 Å². The SMILES string of the molecule is CCCn1cnnc1C1CCN(C(=O)Cc2ccccc2OC)CC1. The van der Waals surface area contributed by atoms with Gasteiger partial charge in [0.1, 0.15) is 17.9 Å². The summed E-state index contributed by atoms with van der Waals surface area (Å²) >= 11 is 0. The minimum atomic E-state index is 0.165. The van der Waals surface area contributed by atoms with Crippen LogP contribution in [0.3, 0.4) is 0 Å². The molecule has 0 aliphatic carbocycles. The number of para-hydroxylation sites is 1. The number of ether oxygens (including phenoxy) is 1. The molecule has 1 aromatic carbocycles. The molecule has 2 heterocycles. The van der Waals surface area contributed by atoms with E-state index in [4.69, 9.17) is 4.74 Å². The second-order valence-electron chi connectivity index (χ2n) is 6.53. The molecule has 0 bridgehead atoms. The third-order valence-corrected chi connectivity index (χ3v) is 4.86. The second-order valence-corrected chi connectivity index (χ2v) is 6.53. The van der Waals surface area contributed by atoms with Gasteiger partial charge in [-0.05, 0) is 25.3 Å². The van der Waals surface area contributed by atoms with E-state index < -0.39 is 0 Å². The number of hydrogen-bond donors (Lipinski definition) is 0. The molecule has 1 saturated heterocycles. The molecular formula is C19H26N4O2. The first-order valence-corrected chi connectivity index (χ1v) is 9.00. The number of carbonyl (C=O) groups is 1. The lowest BCUT2D eigenvalue weighted by Gasteiger charge is -2.32. The summed E-state index contributed by atoms with van der Waals surface area (Å²) < 4.78 is 7.50. The molecule has 134 valence electrons. The zero-order valence-corrected chi connectivity index (χ0v) is 15.0. The van der Waals surface area contributed by atoms with Crippen LogP contribution in [0.25, 0.3) is 0 Å². The first kappa shape index (κ1) is 17.5. The zero-order chi connectivity index (χ0) is 17.6. The Morgan fingerprint density at radius 1 is 1.28 bits per heavy atom. The van der Waals surface area contributed by atoms with Crippen molar-refractivity contribution in [1.82, 2.24) is 19.7 Å². The van der Waals surface area contributed by atoms with Crippen LogP contribution in [0.15, 0.2) is 30.6 Å². The lowest BCUT2D eigenvalue weighted by Crippen LogP contribution is -2.39. The van der Waals surface area contributed by atoms with Gasteiger partial charge in [-0.1, -0.05) is 25.1 Å². The average molecular weight is 342 g/mol. The van der Waals surface area contributed by atoms with Gasteiger partial charge in [-0.3, -0.25) is 4.79 Å². The van der Waals surface area contributed by atoms with Crippen LogP contribution in [0.4, 0.5) is 0 Å². The number of carbonyl (C=O) groups excluding carboxylic acids is 1.